The molecule has 1 fully saturated rings. The highest BCUT2D eigenvalue weighted by atomic mass is 16.5. The first-order valence-corrected chi connectivity index (χ1v) is 6.05. The number of rotatable bonds is 6. The van der Waals surface area contributed by atoms with E-state index in [0.717, 1.165) is 13.0 Å². The molecule has 1 saturated carbocycles. The Bertz CT molecular complexity index is 333. The van der Waals surface area contributed by atoms with Crippen LogP contribution >= 0.6 is 0 Å². The molecule has 0 aliphatic heterocycles. The molecule has 0 amide bonds. The summed E-state index contributed by atoms with van der Waals surface area (Å²) in [5, 5.41) is 4.16. The summed E-state index contributed by atoms with van der Waals surface area (Å²) in [5.41, 5.74) is 7.42. The lowest BCUT2D eigenvalue weighted by Gasteiger charge is -2.23. The van der Waals surface area contributed by atoms with Crippen molar-refractivity contribution in [2.24, 2.45) is 18.7 Å². The maximum Gasteiger partial charge on any atom is 0.0757 e. The molecular formula is C12H21N3O. The quantitative estimate of drug-likeness (QED) is 0.786. The molecule has 0 radical (unpaired) electrons. The number of ether oxygens (including phenoxy) is 1. The molecule has 1 heterocycles. The molecule has 1 aliphatic rings. The Labute approximate surface area is 96.8 Å². The lowest BCUT2D eigenvalue weighted by Crippen LogP contribution is -2.40. The summed E-state index contributed by atoms with van der Waals surface area (Å²) >= 11 is 0. The molecule has 1 aromatic heterocycles. The molecule has 2 atom stereocenters. The number of nitrogens with two attached hydrogens (primary N) is 1. The van der Waals surface area contributed by atoms with Gasteiger partial charge in [-0.05, 0) is 37.7 Å². The highest BCUT2D eigenvalue weighted by Gasteiger charge is 2.35. The van der Waals surface area contributed by atoms with Crippen LogP contribution in [0.3, 0.4) is 0 Å². The van der Waals surface area contributed by atoms with E-state index in [1.807, 2.05) is 31.0 Å². The average Bonchev–Trinajstić information content (AvgIpc) is 3.00. The van der Waals surface area contributed by atoms with Gasteiger partial charge in [0, 0.05) is 25.9 Å². The highest BCUT2D eigenvalue weighted by Crippen LogP contribution is 2.36. The van der Waals surface area contributed by atoms with E-state index >= 15 is 0 Å². The zero-order chi connectivity index (χ0) is 11.5. The number of aryl methyl sites for hydroxylation is 1. The standard InChI is InChI=1S/C12H21N3O/c1-3-16-12(10-4-5-10)11(13)6-9-7-14-15(2)8-9/h7-8,10-12H,3-6,13H2,1-2H3. The highest BCUT2D eigenvalue weighted by molar-refractivity contribution is 5.07. The van der Waals surface area contributed by atoms with E-state index < -0.39 is 0 Å². The van der Waals surface area contributed by atoms with E-state index in [2.05, 4.69) is 5.10 Å². The molecule has 0 bridgehead atoms. The van der Waals surface area contributed by atoms with Crippen molar-refractivity contribution in [3.63, 3.8) is 0 Å². The lowest BCUT2D eigenvalue weighted by molar-refractivity contribution is 0.0288. The van der Waals surface area contributed by atoms with Crippen LogP contribution < -0.4 is 5.73 Å². The fourth-order valence-corrected chi connectivity index (χ4v) is 2.19. The molecule has 0 aromatic carbocycles. The molecule has 1 aromatic rings. The van der Waals surface area contributed by atoms with E-state index in [1.54, 1.807) is 0 Å². The van der Waals surface area contributed by atoms with Gasteiger partial charge in [-0.3, -0.25) is 4.68 Å². The predicted molar refractivity (Wildman–Crippen MR) is 63.0 cm³/mol. The van der Waals surface area contributed by atoms with Gasteiger partial charge in [0.05, 0.1) is 12.3 Å². The zero-order valence-corrected chi connectivity index (χ0v) is 10.1. The summed E-state index contributed by atoms with van der Waals surface area (Å²) in [6, 6.07) is 0.0941. The van der Waals surface area contributed by atoms with Gasteiger partial charge in [0.2, 0.25) is 0 Å². The number of hydrogen-bond acceptors (Lipinski definition) is 3. The van der Waals surface area contributed by atoms with Gasteiger partial charge in [0.25, 0.3) is 0 Å². The number of aromatic nitrogens is 2. The third-order valence-electron chi connectivity index (χ3n) is 3.10. The first-order valence-electron chi connectivity index (χ1n) is 6.05. The van der Waals surface area contributed by atoms with Crippen LogP contribution in [0, 0.1) is 5.92 Å². The van der Waals surface area contributed by atoms with E-state index in [0.29, 0.717) is 5.92 Å². The molecule has 4 nitrogen and oxygen atoms in total. The monoisotopic (exact) mass is 223 g/mol. The molecule has 1 aliphatic carbocycles. The van der Waals surface area contributed by atoms with Crippen molar-refractivity contribution in [3.05, 3.63) is 18.0 Å². The zero-order valence-electron chi connectivity index (χ0n) is 10.1. The minimum atomic E-state index is 0.0941. The van der Waals surface area contributed by atoms with Crippen LogP contribution in [0.15, 0.2) is 12.4 Å². The van der Waals surface area contributed by atoms with Gasteiger partial charge in [-0.1, -0.05) is 0 Å². The minimum Gasteiger partial charge on any atom is -0.377 e. The summed E-state index contributed by atoms with van der Waals surface area (Å²) in [7, 11) is 1.93. The molecular weight excluding hydrogens is 202 g/mol. The second kappa shape index (κ2) is 4.97. The van der Waals surface area contributed by atoms with Crippen molar-refractivity contribution in [2.45, 2.75) is 38.3 Å². The van der Waals surface area contributed by atoms with Crippen molar-refractivity contribution in [3.8, 4) is 0 Å². The number of nitrogens with zero attached hydrogens (tertiary/aromatic N) is 2. The third-order valence-corrected chi connectivity index (χ3v) is 3.10. The molecule has 2 unspecified atom stereocenters. The second-order valence-corrected chi connectivity index (χ2v) is 4.65. The van der Waals surface area contributed by atoms with E-state index in [9.17, 15) is 0 Å². The lowest BCUT2D eigenvalue weighted by atomic mass is 10.0. The van der Waals surface area contributed by atoms with Crippen molar-refractivity contribution in [1.82, 2.24) is 9.78 Å². The molecule has 0 spiro atoms. The molecule has 0 saturated heterocycles. The van der Waals surface area contributed by atoms with E-state index in [1.165, 1.54) is 18.4 Å². The van der Waals surface area contributed by atoms with E-state index in [-0.39, 0.29) is 12.1 Å². The normalized spacial score (nSPS) is 19.7. The maximum absolute atomic E-state index is 6.22. The summed E-state index contributed by atoms with van der Waals surface area (Å²) < 4.78 is 7.57. The Morgan fingerprint density at radius 1 is 1.62 bits per heavy atom. The minimum absolute atomic E-state index is 0.0941. The Balaban J connectivity index is 1.91. The topological polar surface area (TPSA) is 53.1 Å². The molecule has 4 heteroatoms. The van der Waals surface area contributed by atoms with Crippen molar-refractivity contribution >= 4 is 0 Å². The van der Waals surface area contributed by atoms with Gasteiger partial charge in [-0.15, -0.1) is 0 Å². The molecule has 16 heavy (non-hydrogen) atoms. The van der Waals surface area contributed by atoms with Crippen LogP contribution in [0.1, 0.15) is 25.3 Å². The van der Waals surface area contributed by atoms with E-state index in [4.69, 9.17) is 10.5 Å². The molecule has 90 valence electrons. The summed E-state index contributed by atoms with van der Waals surface area (Å²) in [6.45, 7) is 2.79. The third kappa shape index (κ3) is 2.83. The molecule has 2 rings (SSSR count). The molecule has 2 N–H and O–H groups in total. The van der Waals surface area contributed by atoms with Crippen molar-refractivity contribution in [2.75, 3.05) is 6.61 Å². The van der Waals surface area contributed by atoms with Crippen molar-refractivity contribution < 1.29 is 4.74 Å². The Morgan fingerprint density at radius 2 is 2.38 bits per heavy atom. The smallest absolute Gasteiger partial charge is 0.0757 e. The predicted octanol–water partition coefficient (Wildman–Crippen LogP) is 1.10. The fourth-order valence-electron chi connectivity index (χ4n) is 2.19. The van der Waals surface area contributed by atoms with Crippen LogP contribution in [-0.4, -0.2) is 28.5 Å². The van der Waals surface area contributed by atoms with Crippen LogP contribution in [0.25, 0.3) is 0 Å². The van der Waals surface area contributed by atoms with Gasteiger partial charge >= 0.3 is 0 Å². The first-order chi connectivity index (χ1) is 7.70. The van der Waals surface area contributed by atoms with Gasteiger partial charge in [-0.2, -0.15) is 5.10 Å². The second-order valence-electron chi connectivity index (χ2n) is 4.65. The Hall–Kier alpha value is -0.870. The first kappa shape index (κ1) is 11.6. The van der Waals surface area contributed by atoms with Crippen LogP contribution in [0.4, 0.5) is 0 Å². The van der Waals surface area contributed by atoms with Gasteiger partial charge in [0.15, 0.2) is 0 Å². The van der Waals surface area contributed by atoms with Gasteiger partial charge in [-0.25, -0.2) is 0 Å². The Kier molecular flexibility index (Phi) is 3.61. The van der Waals surface area contributed by atoms with Crippen molar-refractivity contribution in [1.29, 1.82) is 0 Å². The summed E-state index contributed by atoms with van der Waals surface area (Å²) in [4.78, 5) is 0. The average molecular weight is 223 g/mol. The largest absolute Gasteiger partial charge is 0.377 e. The summed E-state index contributed by atoms with van der Waals surface area (Å²) in [5.74, 6) is 0.687. The van der Waals surface area contributed by atoms with Crippen LogP contribution in [0.5, 0.6) is 0 Å². The van der Waals surface area contributed by atoms with Gasteiger partial charge < -0.3 is 10.5 Å². The SMILES string of the molecule is CCOC(C(N)Cc1cnn(C)c1)C1CC1. The van der Waals surface area contributed by atoms with Gasteiger partial charge in [0.1, 0.15) is 0 Å². The Morgan fingerprint density at radius 3 is 2.88 bits per heavy atom. The number of hydrogen-bond donors (Lipinski definition) is 1. The maximum atomic E-state index is 6.22. The fraction of sp³-hybridized carbons (Fsp3) is 0.750. The van der Waals surface area contributed by atoms with Crippen LogP contribution in [0.2, 0.25) is 0 Å². The summed E-state index contributed by atoms with van der Waals surface area (Å²) in [6.07, 6.45) is 7.53. The van der Waals surface area contributed by atoms with Crippen LogP contribution in [-0.2, 0) is 18.2 Å².